The number of aliphatic hydroxyl groups excluding tert-OH is 3. The Morgan fingerprint density at radius 3 is 0.658 bits per heavy atom. The molecule has 438 valence electrons. The molecule has 0 aliphatic heterocycles. The third-order valence-corrected chi connectivity index (χ3v) is 16.7. The molecular formula is C68H137NO4. The second-order valence-corrected chi connectivity index (χ2v) is 24.2. The summed E-state index contributed by atoms with van der Waals surface area (Å²) in [7, 11) is 0. The number of nitrogens with one attached hydrogen (secondary N) is 1. The van der Waals surface area contributed by atoms with Gasteiger partial charge in [-0.15, -0.1) is 0 Å². The first-order valence-corrected chi connectivity index (χ1v) is 34.3. The van der Waals surface area contributed by atoms with E-state index in [0.29, 0.717) is 12.8 Å². The highest BCUT2D eigenvalue weighted by Crippen LogP contribution is 2.20. The van der Waals surface area contributed by atoms with Gasteiger partial charge in [-0.25, -0.2) is 0 Å². The van der Waals surface area contributed by atoms with Crippen LogP contribution in [0.15, 0.2) is 0 Å². The number of unbranched alkanes of at least 4 members (excludes halogenated alkanes) is 56. The lowest BCUT2D eigenvalue weighted by molar-refractivity contribution is -0.125. The highest BCUT2D eigenvalue weighted by Gasteiger charge is 2.21. The van der Waals surface area contributed by atoms with Crippen LogP contribution in [-0.4, -0.2) is 46.1 Å². The molecule has 5 heteroatoms. The molecule has 0 aliphatic rings. The van der Waals surface area contributed by atoms with E-state index in [9.17, 15) is 20.1 Å². The Kier molecular flexibility index (Phi) is 63.3. The van der Waals surface area contributed by atoms with Gasteiger partial charge < -0.3 is 20.6 Å². The maximum Gasteiger partial charge on any atom is 0.222 e. The minimum Gasteiger partial charge on any atom is -0.394 e. The molecular weight excluding hydrogens is 895 g/mol. The van der Waals surface area contributed by atoms with Crippen LogP contribution in [0.3, 0.4) is 0 Å². The molecule has 0 aromatic heterocycles. The molecule has 0 saturated carbocycles. The molecule has 0 rings (SSSR count). The number of carbonyl (C=O) groups is 1. The van der Waals surface area contributed by atoms with Crippen molar-refractivity contribution in [2.24, 2.45) is 0 Å². The molecule has 0 spiro atoms. The fourth-order valence-corrected chi connectivity index (χ4v) is 11.5. The first kappa shape index (κ1) is 72.3. The maximum atomic E-state index is 12.6. The molecule has 0 aliphatic carbocycles. The first-order chi connectivity index (χ1) is 36.0. The van der Waals surface area contributed by atoms with Gasteiger partial charge in [0.2, 0.25) is 5.91 Å². The fraction of sp³-hybridized carbons (Fsp3) is 0.985. The number of amides is 1. The monoisotopic (exact) mass is 1030 g/mol. The van der Waals surface area contributed by atoms with Crippen LogP contribution in [-0.2, 0) is 4.79 Å². The van der Waals surface area contributed by atoms with Gasteiger partial charge in [-0.2, -0.15) is 0 Å². The third-order valence-electron chi connectivity index (χ3n) is 16.7. The third kappa shape index (κ3) is 60.4. The molecule has 3 atom stereocenters. The van der Waals surface area contributed by atoms with E-state index in [1.807, 2.05) is 0 Å². The van der Waals surface area contributed by atoms with Crippen LogP contribution in [0, 0.1) is 0 Å². The van der Waals surface area contributed by atoms with Gasteiger partial charge in [0.25, 0.3) is 0 Å². The summed E-state index contributed by atoms with van der Waals surface area (Å²) in [6.07, 6.45) is 80.4. The minimum atomic E-state index is -0.746. The Balaban J connectivity index is 3.40. The maximum absolute atomic E-state index is 12.6. The molecule has 0 fully saturated rings. The zero-order valence-corrected chi connectivity index (χ0v) is 50.3. The summed E-state index contributed by atoms with van der Waals surface area (Å²) in [6, 6.07) is -0.655. The lowest BCUT2D eigenvalue weighted by Gasteiger charge is -2.23. The second kappa shape index (κ2) is 63.9. The summed E-state index contributed by atoms with van der Waals surface area (Å²) in [5, 5.41) is 33.8. The largest absolute Gasteiger partial charge is 0.394 e. The Morgan fingerprint density at radius 2 is 0.466 bits per heavy atom. The molecule has 0 heterocycles. The Morgan fingerprint density at radius 1 is 0.288 bits per heavy atom. The minimum absolute atomic E-state index is 0.0439. The number of rotatable bonds is 65. The molecule has 0 aromatic rings. The van der Waals surface area contributed by atoms with E-state index in [2.05, 4.69) is 19.2 Å². The molecule has 0 aromatic carbocycles. The van der Waals surface area contributed by atoms with Gasteiger partial charge in [0.15, 0.2) is 0 Å². The zero-order chi connectivity index (χ0) is 52.9. The van der Waals surface area contributed by atoms with Gasteiger partial charge in [0.1, 0.15) is 0 Å². The van der Waals surface area contributed by atoms with E-state index in [0.717, 1.165) is 25.7 Å². The molecule has 1 amide bonds. The van der Waals surface area contributed by atoms with Crippen LogP contribution in [0.25, 0.3) is 0 Å². The first-order valence-electron chi connectivity index (χ1n) is 34.3. The van der Waals surface area contributed by atoms with Crippen molar-refractivity contribution in [3.8, 4) is 0 Å². The summed E-state index contributed by atoms with van der Waals surface area (Å²) in [5.41, 5.74) is 0. The summed E-state index contributed by atoms with van der Waals surface area (Å²) >= 11 is 0. The smallest absolute Gasteiger partial charge is 0.222 e. The van der Waals surface area contributed by atoms with Crippen LogP contribution in [0.2, 0.25) is 0 Å². The van der Waals surface area contributed by atoms with Crippen molar-refractivity contribution in [1.82, 2.24) is 5.32 Å². The summed E-state index contributed by atoms with van der Waals surface area (Å²) < 4.78 is 0. The van der Waals surface area contributed by atoms with Crippen LogP contribution in [0.1, 0.15) is 406 Å². The van der Waals surface area contributed by atoms with Gasteiger partial charge in [-0.3, -0.25) is 4.79 Å². The zero-order valence-electron chi connectivity index (χ0n) is 50.3. The van der Waals surface area contributed by atoms with Crippen LogP contribution >= 0.6 is 0 Å². The van der Waals surface area contributed by atoms with E-state index < -0.39 is 18.2 Å². The van der Waals surface area contributed by atoms with Gasteiger partial charge in [0, 0.05) is 0 Å². The number of hydrogen-bond donors (Lipinski definition) is 4. The number of hydrogen-bond acceptors (Lipinski definition) is 4. The lowest BCUT2D eigenvalue weighted by atomic mass is 10.0. The topological polar surface area (TPSA) is 89.8 Å². The number of aliphatic hydroxyl groups is 3. The van der Waals surface area contributed by atoms with E-state index in [1.165, 1.54) is 347 Å². The van der Waals surface area contributed by atoms with Crippen molar-refractivity contribution in [2.75, 3.05) is 6.61 Å². The molecule has 4 N–H and O–H groups in total. The van der Waals surface area contributed by atoms with Gasteiger partial charge in [0.05, 0.1) is 31.3 Å². The van der Waals surface area contributed by atoms with E-state index in [-0.39, 0.29) is 18.9 Å². The Labute approximate surface area is 459 Å². The van der Waals surface area contributed by atoms with Gasteiger partial charge in [-0.1, -0.05) is 386 Å². The second-order valence-electron chi connectivity index (χ2n) is 24.2. The normalized spacial score (nSPS) is 13.0. The summed E-state index contributed by atoms with van der Waals surface area (Å²) in [4.78, 5) is 12.6. The SMILES string of the molecule is CCCCCCCCCCCCCCCCCCCCCCCCCCCCCCCCCCCCCCCC(O)CC(=O)NC(CO)C(O)CCCCCCCCCCCCCCCCCCCCCCC. The summed E-state index contributed by atoms with van der Waals surface area (Å²) in [5.74, 6) is -0.272. The van der Waals surface area contributed by atoms with Crippen molar-refractivity contribution >= 4 is 5.91 Å². The predicted molar refractivity (Wildman–Crippen MR) is 324 cm³/mol. The standard InChI is InChI=1S/C68H137NO4/c1-3-5-7-9-11-13-15-17-19-21-23-25-26-27-28-29-30-31-32-33-34-35-36-37-38-39-40-42-43-45-47-49-51-53-55-57-59-61-65(71)63-68(73)69-66(64-70)67(72)62-60-58-56-54-52-50-48-46-44-41-24-22-20-18-16-14-12-10-8-6-4-2/h65-67,70-72H,3-64H2,1-2H3,(H,69,73). The summed E-state index contributed by atoms with van der Waals surface area (Å²) in [6.45, 7) is 4.32. The quantitative estimate of drug-likeness (QED) is 0.0457. The average Bonchev–Trinajstić information content (AvgIpc) is 3.39. The Bertz CT molecular complexity index is 1010. The molecule has 0 bridgehead atoms. The molecule has 73 heavy (non-hydrogen) atoms. The van der Waals surface area contributed by atoms with Crippen molar-refractivity contribution in [3.05, 3.63) is 0 Å². The van der Waals surface area contributed by atoms with Crippen molar-refractivity contribution in [2.45, 2.75) is 424 Å². The number of carbonyl (C=O) groups excluding carboxylic acids is 1. The van der Waals surface area contributed by atoms with Crippen LogP contribution in [0.4, 0.5) is 0 Å². The Hall–Kier alpha value is -0.650. The molecule has 3 unspecified atom stereocenters. The highest BCUT2D eigenvalue weighted by molar-refractivity contribution is 5.76. The van der Waals surface area contributed by atoms with E-state index >= 15 is 0 Å². The molecule has 5 nitrogen and oxygen atoms in total. The molecule has 0 radical (unpaired) electrons. The van der Waals surface area contributed by atoms with E-state index in [1.54, 1.807) is 0 Å². The van der Waals surface area contributed by atoms with E-state index in [4.69, 9.17) is 0 Å². The van der Waals surface area contributed by atoms with Gasteiger partial charge >= 0.3 is 0 Å². The average molecular weight is 1030 g/mol. The van der Waals surface area contributed by atoms with Crippen LogP contribution in [0.5, 0.6) is 0 Å². The van der Waals surface area contributed by atoms with Crippen molar-refractivity contribution in [3.63, 3.8) is 0 Å². The molecule has 0 saturated heterocycles. The van der Waals surface area contributed by atoms with Crippen LogP contribution < -0.4 is 5.32 Å². The fourth-order valence-electron chi connectivity index (χ4n) is 11.5. The van der Waals surface area contributed by atoms with Crippen molar-refractivity contribution in [1.29, 1.82) is 0 Å². The highest BCUT2D eigenvalue weighted by atomic mass is 16.3. The predicted octanol–water partition coefficient (Wildman–Crippen LogP) is 22.0. The van der Waals surface area contributed by atoms with Gasteiger partial charge in [-0.05, 0) is 12.8 Å². The van der Waals surface area contributed by atoms with Crippen molar-refractivity contribution < 1.29 is 20.1 Å². The lowest BCUT2D eigenvalue weighted by Crippen LogP contribution is -2.46.